The first kappa shape index (κ1) is 12.0. The van der Waals surface area contributed by atoms with Crippen molar-refractivity contribution < 1.29 is 4.79 Å². The topological polar surface area (TPSA) is 64.2 Å². The quantitative estimate of drug-likeness (QED) is 0.808. The van der Waals surface area contributed by atoms with Crippen LogP contribution in [0.1, 0.15) is 16.2 Å². The number of nitrogens with two attached hydrogens (primary N) is 1. The molecule has 0 saturated carbocycles. The lowest BCUT2D eigenvalue weighted by molar-refractivity contribution is 0.0708. The Morgan fingerprint density at radius 1 is 1.37 bits per heavy atom. The fraction of sp³-hybridized carbons (Fsp3) is 0.231. The Balaban J connectivity index is 1.88. The number of rotatable bonds is 1. The predicted molar refractivity (Wildman–Crippen MR) is 72.8 cm³/mol. The van der Waals surface area contributed by atoms with Crippen molar-refractivity contribution in [3.63, 3.8) is 0 Å². The molecule has 0 atom stereocenters. The Labute approximate surface area is 115 Å². The molecule has 2 aromatic rings. The van der Waals surface area contributed by atoms with E-state index in [2.05, 4.69) is 4.98 Å². The van der Waals surface area contributed by atoms with E-state index in [0.717, 1.165) is 12.4 Å². The molecule has 0 saturated heterocycles. The van der Waals surface area contributed by atoms with Gasteiger partial charge in [-0.15, -0.1) is 0 Å². The Kier molecular flexibility index (Phi) is 2.91. The molecule has 0 bridgehead atoms. The number of anilines is 1. The van der Waals surface area contributed by atoms with Crippen molar-refractivity contribution in [2.24, 2.45) is 0 Å². The number of carbonyl (C=O) groups is 1. The van der Waals surface area contributed by atoms with E-state index in [9.17, 15) is 4.79 Å². The van der Waals surface area contributed by atoms with Crippen LogP contribution in [0.25, 0.3) is 0 Å². The Hall–Kier alpha value is -2.01. The summed E-state index contributed by atoms with van der Waals surface area (Å²) in [5, 5.41) is 0.321. The molecule has 3 rings (SSSR count). The number of halogens is 1. The highest BCUT2D eigenvalue weighted by Gasteiger charge is 2.24. The standard InChI is InChI=1S/C13H13ClN4O/c14-12-9(2-1-3-10(12)15)13(19)18-7-6-17-5-4-16-11(17)8-18/h1-5H,6-8,15H2. The average molecular weight is 277 g/mol. The predicted octanol–water partition coefficient (Wildman–Crippen LogP) is 1.77. The molecule has 19 heavy (non-hydrogen) atoms. The maximum Gasteiger partial charge on any atom is 0.255 e. The first-order valence-corrected chi connectivity index (χ1v) is 6.38. The second-order valence-corrected chi connectivity index (χ2v) is 4.85. The van der Waals surface area contributed by atoms with Crippen LogP contribution in [0.4, 0.5) is 5.69 Å². The van der Waals surface area contributed by atoms with Crippen molar-refractivity contribution in [3.05, 3.63) is 47.0 Å². The highest BCUT2D eigenvalue weighted by atomic mass is 35.5. The summed E-state index contributed by atoms with van der Waals surface area (Å²) in [4.78, 5) is 18.4. The lowest BCUT2D eigenvalue weighted by Gasteiger charge is -2.28. The molecule has 98 valence electrons. The summed E-state index contributed by atoms with van der Waals surface area (Å²) in [5.41, 5.74) is 6.60. The van der Waals surface area contributed by atoms with Gasteiger partial charge in [-0.1, -0.05) is 17.7 Å². The molecule has 1 aliphatic rings. The Morgan fingerprint density at radius 2 is 2.21 bits per heavy atom. The van der Waals surface area contributed by atoms with Gasteiger partial charge in [-0.25, -0.2) is 4.98 Å². The first-order valence-electron chi connectivity index (χ1n) is 6.00. The monoisotopic (exact) mass is 276 g/mol. The highest BCUT2D eigenvalue weighted by Crippen LogP contribution is 2.25. The van der Waals surface area contributed by atoms with Gasteiger partial charge in [-0.3, -0.25) is 4.79 Å². The van der Waals surface area contributed by atoms with Crippen molar-refractivity contribution in [2.45, 2.75) is 13.1 Å². The number of fused-ring (bicyclic) bond motifs is 1. The van der Waals surface area contributed by atoms with E-state index in [1.54, 1.807) is 29.3 Å². The second kappa shape index (κ2) is 4.59. The molecule has 0 unspecified atom stereocenters. The molecule has 2 N–H and O–H groups in total. The smallest absolute Gasteiger partial charge is 0.255 e. The SMILES string of the molecule is Nc1cccc(C(=O)N2CCn3ccnc3C2)c1Cl. The van der Waals surface area contributed by atoms with Crippen molar-refractivity contribution in [2.75, 3.05) is 12.3 Å². The maximum absolute atomic E-state index is 12.5. The van der Waals surface area contributed by atoms with Gasteiger partial charge in [0, 0.05) is 25.5 Å². The minimum atomic E-state index is -0.105. The molecule has 1 aromatic heterocycles. The van der Waals surface area contributed by atoms with E-state index in [4.69, 9.17) is 17.3 Å². The van der Waals surface area contributed by atoms with Gasteiger partial charge in [0.2, 0.25) is 0 Å². The minimum Gasteiger partial charge on any atom is -0.398 e. The third-order valence-electron chi connectivity index (χ3n) is 3.29. The van der Waals surface area contributed by atoms with Crippen LogP contribution in [-0.4, -0.2) is 26.9 Å². The first-order chi connectivity index (χ1) is 9.16. The van der Waals surface area contributed by atoms with E-state index >= 15 is 0 Å². The summed E-state index contributed by atoms with van der Waals surface area (Å²) in [6, 6.07) is 5.11. The molecule has 1 aliphatic heterocycles. The molecule has 1 amide bonds. The molecule has 0 fully saturated rings. The summed E-state index contributed by atoms with van der Waals surface area (Å²) in [6.45, 7) is 1.89. The maximum atomic E-state index is 12.5. The highest BCUT2D eigenvalue weighted by molar-refractivity contribution is 6.36. The number of nitrogen functional groups attached to an aromatic ring is 1. The number of benzene rings is 1. The molecule has 0 spiro atoms. The lowest BCUT2D eigenvalue weighted by atomic mass is 10.1. The molecule has 6 heteroatoms. The van der Waals surface area contributed by atoms with Crippen LogP contribution < -0.4 is 5.73 Å². The van der Waals surface area contributed by atoms with E-state index in [0.29, 0.717) is 29.4 Å². The average Bonchev–Trinajstić information content (AvgIpc) is 2.88. The van der Waals surface area contributed by atoms with Crippen molar-refractivity contribution in [1.29, 1.82) is 0 Å². The summed E-state index contributed by atoms with van der Waals surface area (Å²) in [6.07, 6.45) is 3.67. The largest absolute Gasteiger partial charge is 0.398 e. The van der Waals surface area contributed by atoms with Gasteiger partial charge in [0.05, 0.1) is 22.8 Å². The minimum absolute atomic E-state index is 0.105. The molecule has 1 aromatic carbocycles. The number of hydrogen-bond donors (Lipinski definition) is 1. The lowest BCUT2D eigenvalue weighted by Crippen LogP contribution is -2.38. The van der Waals surface area contributed by atoms with E-state index in [-0.39, 0.29) is 5.91 Å². The molecule has 0 radical (unpaired) electrons. The van der Waals surface area contributed by atoms with Crippen LogP contribution in [0.2, 0.25) is 5.02 Å². The summed E-state index contributed by atoms with van der Waals surface area (Å²) in [5.74, 6) is 0.783. The summed E-state index contributed by atoms with van der Waals surface area (Å²) < 4.78 is 2.05. The number of carbonyl (C=O) groups excluding carboxylic acids is 1. The number of aromatic nitrogens is 2. The third-order valence-corrected chi connectivity index (χ3v) is 3.71. The van der Waals surface area contributed by atoms with E-state index < -0.39 is 0 Å². The number of imidazole rings is 1. The van der Waals surface area contributed by atoms with Crippen LogP contribution in [0.15, 0.2) is 30.6 Å². The second-order valence-electron chi connectivity index (χ2n) is 4.47. The van der Waals surface area contributed by atoms with Gasteiger partial charge in [0.25, 0.3) is 5.91 Å². The number of hydrogen-bond acceptors (Lipinski definition) is 3. The van der Waals surface area contributed by atoms with Crippen LogP contribution in [0.5, 0.6) is 0 Å². The number of nitrogens with zero attached hydrogens (tertiary/aromatic N) is 3. The van der Waals surface area contributed by atoms with Crippen LogP contribution >= 0.6 is 11.6 Å². The van der Waals surface area contributed by atoms with Gasteiger partial charge in [-0.05, 0) is 12.1 Å². The van der Waals surface area contributed by atoms with Gasteiger partial charge in [0.15, 0.2) is 0 Å². The number of amides is 1. The molecule has 0 aliphatic carbocycles. The summed E-state index contributed by atoms with van der Waals surface area (Å²) >= 11 is 6.09. The zero-order chi connectivity index (χ0) is 13.4. The fourth-order valence-corrected chi connectivity index (χ4v) is 2.44. The van der Waals surface area contributed by atoms with Gasteiger partial charge in [-0.2, -0.15) is 0 Å². The Bertz CT molecular complexity index is 637. The zero-order valence-electron chi connectivity index (χ0n) is 10.2. The van der Waals surface area contributed by atoms with Gasteiger partial charge in [0.1, 0.15) is 5.82 Å². The fourth-order valence-electron chi connectivity index (χ4n) is 2.23. The molecule has 2 heterocycles. The van der Waals surface area contributed by atoms with Crippen molar-refractivity contribution >= 4 is 23.2 Å². The van der Waals surface area contributed by atoms with Crippen molar-refractivity contribution in [3.8, 4) is 0 Å². The molecular formula is C13H13ClN4O. The van der Waals surface area contributed by atoms with Gasteiger partial charge < -0.3 is 15.2 Å². The van der Waals surface area contributed by atoms with E-state index in [1.165, 1.54) is 0 Å². The van der Waals surface area contributed by atoms with Gasteiger partial charge >= 0.3 is 0 Å². The van der Waals surface area contributed by atoms with Crippen LogP contribution in [0.3, 0.4) is 0 Å². The molecular weight excluding hydrogens is 264 g/mol. The van der Waals surface area contributed by atoms with E-state index in [1.807, 2.05) is 10.8 Å². The normalized spacial score (nSPS) is 14.3. The van der Waals surface area contributed by atoms with Crippen LogP contribution in [-0.2, 0) is 13.1 Å². The van der Waals surface area contributed by atoms with Crippen molar-refractivity contribution in [1.82, 2.24) is 14.5 Å². The zero-order valence-corrected chi connectivity index (χ0v) is 11.0. The summed E-state index contributed by atoms with van der Waals surface area (Å²) in [7, 11) is 0. The third kappa shape index (κ3) is 2.06. The Morgan fingerprint density at radius 3 is 3.05 bits per heavy atom. The molecule has 5 nitrogen and oxygen atoms in total. The van der Waals surface area contributed by atoms with Crippen LogP contribution in [0, 0.1) is 0 Å².